The molecule has 1 aromatic heterocycles. The average molecular weight is 434 g/mol. The summed E-state index contributed by atoms with van der Waals surface area (Å²) in [6.45, 7) is 18.0. The van der Waals surface area contributed by atoms with Crippen LogP contribution in [0.1, 0.15) is 66.1 Å². The Morgan fingerprint density at radius 2 is 1.65 bits per heavy atom. The average Bonchev–Trinajstić information content (AvgIpc) is 3.19. The Hall–Kier alpha value is -2.54. The number of hydrogen-bond acceptors (Lipinski definition) is 5. The Bertz CT molecular complexity index is 682. The summed E-state index contributed by atoms with van der Waals surface area (Å²) in [5.41, 5.74) is 2.11. The number of carbonyl (C=O) groups is 2. The minimum atomic E-state index is -0.239. The lowest BCUT2D eigenvalue weighted by Gasteiger charge is -2.02. The number of carbonyl (C=O) groups excluding carboxylic acids is 2. The highest BCUT2D eigenvalue weighted by Crippen LogP contribution is 1.93. The number of benzene rings is 1. The Labute approximate surface area is 189 Å². The van der Waals surface area contributed by atoms with Crippen molar-refractivity contribution in [3.8, 4) is 0 Å². The van der Waals surface area contributed by atoms with Gasteiger partial charge in [0.2, 0.25) is 5.91 Å². The standard InChI is InChI=1S/C11H19N5O2.C7H8.C4H10.C2H6/c1-3-10(17)6-13-11(18)8-16-7-9(14-15-16)5-12-4-2;1-7-5-3-2-4-6-7;1-4(2)3;1-2/h7,12H,3-6,8H2,1-2H3,(H,13,18);2-6H,1H3;4H,1-3H3;1-2H3. The smallest absolute Gasteiger partial charge is 0.242 e. The van der Waals surface area contributed by atoms with Crippen molar-refractivity contribution in [2.75, 3.05) is 13.1 Å². The monoisotopic (exact) mass is 433 g/mol. The van der Waals surface area contributed by atoms with E-state index < -0.39 is 0 Å². The first kappa shape index (κ1) is 30.7. The van der Waals surface area contributed by atoms with E-state index in [1.165, 1.54) is 10.2 Å². The third kappa shape index (κ3) is 20.5. The van der Waals surface area contributed by atoms with Gasteiger partial charge in [0.15, 0.2) is 5.78 Å². The normalized spacial score (nSPS) is 9.32. The van der Waals surface area contributed by atoms with Gasteiger partial charge in [0, 0.05) is 13.0 Å². The van der Waals surface area contributed by atoms with Crippen molar-refractivity contribution in [3.63, 3.8) is 0 Å². The predicted octanol–water partition coefficient (Wildman–Crippen LogP) is 4.17. The second-order valence-corrected chi connectivity index (χ2v) is 7.24. The van der Waals surface area contributed by atoms with Crippen molar-refractivity contribution in [1.82, 2.24) is 25.6 Å². The summed E-state index contributed by atoms with van der Waals surface area (Å²) in [7, 11) is 0. The zero-order valence-electron chi connectivity index (χ0n) is 20.7. The van der Waals surface area contributed by atoms with Crippen LogP contribution in [0.3, 0.4) is 0 Å². The quantitative estimate of drug-likeness (QED) is 0.652. The van der Waals surface area contributed by atoms with E-state index in [1.54, 1.807) is 13.1 Å². The van der Waals surface area contributed by atoms with E-state index in [4.69, 9.17) is 0 Å². The SMILES string of the molecule is CC.CC(C)C.CCNCc1cn(CC(=O)NCC(=O)CC)nn1.Cc1ccccc1. The molecule has 0 radical (unpaired) electrons. The fourth-order valence-electron chi connectivity index (χ4n) is 1.81. The van der Waals surface area contributed by atoms with E-state index in [0.717, 1.165) is 18.2 Å². The first-order valence-corrected chi connectivity index (χ1v) is 11.2. The molecule has 31 heavy (non-hydrogen) atoms. The van der Waals surface area contributed by atoms with Gasteiger partial charge in [0.05, 0.1) is 18.4 Å². The van der Waals surface area contributed by atoms with Crippen molar-refractivity contribution in [3.05, 3.63) is 47.8 Å². The summed E-state index contributed by atoms with van der Waals surface area (Å²) in [5.74, 6) is 0.603. The molecule has 0 bridgehead atoms. The van der Waals surface area contributed by atoms with Crippen LogP contribution in [0.25, 0.3) is 0 Å². The van der Waals surface area contributed by atoms with Crippen LogP contribution in [-0.4, -0.2) is 39.8 Å². The number of aromatic nitrogens is 3. The van der Waals surface area contributed by atoms with E-state index in [9.17, 15) is 9.59 Å². The maximum atomic E-state index is 11.5. The zero-order valence-corrected chi connectivity index (χ0v) is 20.7. The molecule has 7 heteroatoms. The summed E-state index contributed by atoms with van der Waals surface area (Å²) >= 11 is 0. The molecule has 7 nitrogen and oxygen atoms in total. The Kier molecular flexibility index (Phi) is 20.5. The van der Waals surface area contributed by atoms with Crippen LogP contribution in [0, 0.1) is 12.8 Å². The van der Waals surface area contributed by atoms with Gasteiger partial charge in [-0.25, -0.2) is 4.68 Å². The first-order valence-electron chi connectivity index (χ1n) is 11.2. The molecule has 1 heterocycles. The molecule has 0 fully saturated rings. The summed E-state index contributed by atoms with van der Waals surface area (Å²) in [6.07, 6.45) is 2.14. The second kappa shape index (κ2) is 20.7. The van der Waals surface area contributed by atoms with E-state index >= 15 is 0 Å². The minimum absolute atomic E-state index is 0.00905. The van der Waals surface area contributed by atoms with Crippen LogP contribution in [0.4, 0.5) is 0 Å². The highest BCUT2D eigenvalue weighted by atomic mass is 16.2. The van der Waals surface area contributed by atoms with Crippen LogP contribution in [0.15, 0.2) is 36.5 Å². The lowest BCUT2D eigenvalue weighted by Crippen LogP contribution is -2.32. The van der Waals surface area contributed by atoms with Crippen molar-refractivity contribution in [1.29, 1.82) is 0 Å². The molecular weight excluding hydrogens is 390 g/mol. The summed E-state index contributed by atoms with van der Waals surface area (Å²) in [4.78, 5) is 22.5. The maximum Gasteiger partial charge on any atom is 0.242 e. The van der Waals surface area contributed by atoms with Gasteiger partial charge in [0.25, 0.3) is 0 Å². The molecule has 0 aliphatic rings. The molecule has 1 aromatic carbocycles. The molecule has 0 aliphatic heterocycles. The third-order valence-corrected chi connectivity index (χ3v) is 3.27. The first-order chi connectivity index (χ1) is 14.8. The van der Waals surface area contributed by atoms with Crippen molar-refractivity contribution < 1.29 is 9.59 Å². The minimum Gasteiger partial charge on any atom is -0.347 e. The summed E-state index contributed by atoms with van der Waals surface area (Å²) < 4.78 is 1.46. The number of rotatable bonds is 8. The Morgan fingerprint density at radius 1 is 1.06 bits per heavy atom. The molecule has 2 aromatic rings. The van der Waals surface area contributed by atoms with Crippen molar-refractivity contribution in [2.24, 2.45) is 5.92 Å². The summed E-state index contributed by atoms with van der Waals surface area (Å²) in [6, 6.07) is 10.3. The number of Topliss-reactive ketones (excluding diaryl/α,β-unsaturated/α-hetero) is 1. The number of hydrogen-bond donors (Lipinski definition) is 2. The van der Waals surface area contributed by atoms with Gasteiger partial charge in [-0.2, -0.15) is 0 Å². The zero-order chi connectivity index (χ0) is 24.1. The highest BCUT2D eigenvalue weighted by molar-refractivity contribution is 5.85. The van der Waals surface area contributed by atoms with Crippen molar-refractivity contribution >= 4 is 11.7 Å². The molecule has 0 spiro atoms. The molecule has 2 rings (SSSR count). The van der Waals surface area contributed by atoms with Gasteiger partial charge in [-0.3, -0.25) is 9.59 Å². The van der Waals surface area contributed by atoms with E-state index in [0.29, 0.717) is 13.0 Å². The third-order valence-electron chi connectivity index (χ3n) is 3.27. The molecule has 1 amide bonds. The lowest BCUT2D eigenvalue weighted by molar-refractivity contribution is -0.125. The van der Waals surface area contributed by atoms with Gasteiger partial charge < -0.3 is 10.6 Å². The van der Waals surface area contributed by atoms with E-state index in [1.807, 2.05) is 39.0 Å². The Morgan fingerprint density at radius 3 is 2.10 bits per heavy atom. The fourth-order valence-corrected chi connectivity index (χ4v) is 1.81. The van der Waals surface area contributed by atoms with Crippen LogP contribution in [0.5, 0.6) is 0 Å². The topological polar surface area (TPSA) is 88.9 Å². The van der Waals surface area contributed by atoms with Crippen LogP contribution >= 0.6 is 0 Å². The van der Waals surface area contributed by atoms with E-state index in [2.05, 4.69) is 60.8 Å². The largest absolute Gasteiger partial charge is 0.347 e. The summed E-state index contributed by atoms with van der Waals surface area (Å²) in [5, 5.41) is 13.4. The maximum absolute atomic E-state index is 11.5. The second-order valence-electron chi connectivity index (χ2n) is 7.24. The van der Waals surface area contributed by atoms with Crippen molar-refractivity contribution in [2.45, 2.75) is 74.9 Å². The molecule has 176 valence electrons. The number of amides is 1. The Balaban J connectivity index is 0. The molecule has 2 N–H and O–H groups in total. The molecule has 0 saturated heterocycles. The van der Waals surface area contributed by atoms with Crippen LogP contribution < -0.4 is 10.6 Å². The number of nitrogens with one attached hydrogen (secondary N) is 2. The number of nitrogens with zero attached hydrogens (tertiary/aromatic N) is 3. The molecule has 0 saturated carbocycles. The molecule has 0 atom stereocenters. The molecule has 0 unspecified atom stereocenters. The van der Waals surface area contributed by atoms with Crippen LogP contribution in [0.2, 0.25) is 0 Å². The van der Waals surface area contributed by atoms with Gasteiger partial charge >= 0.3 is 0 Å². The molecular formula is C24H43N5O2. The van der Waals surface area contributed by atoms with Gasteiger partial charge in [0.1, 0.15) is 6.54 Å². The number of ketones is 1. The number of aryl methyl sites for hydroxylation is 1. The van der Waals surface area contributed by atoms with Gasteiger partial charge in [-0.1, -0.05) is 89.6 Å². The molecule has 0 aliphatic carbocycles. The predicted molar refractivity (Wildman–Crippen MR) is 129 cm³/mol. The van der Waals surface area contributed by atoms with Crippen LogP contribution in [-0.2, 0) is 22.7 Å². The van der Waals surface area contributed by atoms with Gasteiger partial charge in [-0.05, 0) is 19.4 Å². The highest BCUT2D eigenvalue weighted by Gasteiger charge is 2.07. The van der Waals surface area contributed by atoms with Gasteiger partial charge in [-0.15, -0.1) is 5.10 Å². The van der Waals surface area contributed by atoms with E-state index in [-0.39, 0.29) is 24.8 Å². The lowest BCUT2D eigenvalue weighted by atomic mass is 10.2. The fraction of sp³-hybridized carbons (Fsp3) is 0.583.